The van der Waals surface area contributed by atoms with Gasteiger partial charge in [-0.3, -0.25) is 9.10 Å². The summed E-state index contributed by atoms with van der Waals surface area (Å²) in [7, 11) is 0.419. The average Bonchev–Trinajstić information content (AvgIpc) is 2.83. The summed E-state index contributed by atoms with van der Waals surface area (Å²) < 4.78 is 47.4. The summed E-state index contributed by atoms with van der Waals surface area (Å²) >= 11 is 0. The van der Waals surface area contributed by atoms with Crippen LogP contribution >= 0.6 is 0 Å². The summed E-state index contributed by atoms with van der Waals surface area (Å²) in [6, 6.07) is 19.5. The normalized spacial score (nSPS) is 12.3. The van der Waals surface area contributed by atoms with Gasteiger partial charge in [-0.2, -0.15) is 12.7 Å². The fraction of sp³-hybridized carbons (Fsp3) is 0.240. The van der Waals surface area contributed by atoms with Gasteiger partial charge >= 0.3 is 10.2 Å². The second-order valence-corrected chi connectivity index (χ2v) is 9.98. The summed E-state index contributed by atoms with van der Waals surface area (Å²) in [4.78, 5) is 12.7. The van der Waals surface area contributed by atoms with Gasteiger partial charge in [0, 0.05) is 19.7 Å². The molecule has 0 heterocycles. The topological polar surface area (TPSA) is 79.0 Å². The van der Waals surface area contributed by atoms with E-state index in [1.807, 2.05) is 31.2 Å². The highest BCUT2D eigenvalue weighted by Crippen LogP contribution is 2.25. The van der Waals surface area contributed by atoms with Crippen LogP contribution in [0.2, 0.25) is 0 Å². The maximum atomic E-state index is 14.4. The Morgan fingerprint density at radius 3 is 2.18 bits per heavy atom. The lowest BCUT2D eigenvalue weighted by Gasteiger charge is -2.27. The second-order valence-electron chi connectivity index (χ2n) is 7.91. The lowest BCUT2D eigenvalue weighted by atomic mass is 10.1. The van der Waals surface area contributed by atoms with E-state index in [0.717, 1.165) is 19.9 Å². The standard InChI is InChI=1S/C25H28FN3O4S/c1-18(20-13-15-22(33-4)16-14-20)27-25(30)21-11-9-19(10-12-21)17-29(34(31,32)28(2)3)24-8-6-5-7-23(24)26/h5-16,18H,17H2,1-4H3,(H,27,30)/t18-/m1/s1. The quantitative estimate of drug-likeness (QED) is 0.494. The fourth-order valence-electron chi connectivity index (χ4n) is 3.33. The van der Waals surface area contributed by atoms with Crippen molar-refractivity contribution in [3.63, 3.8) is 0 Å². The van der Waals surface area contributed by atoms with Gasteiger partial charge in [0.15, 0.2) is 0 Å². The number of ether oxygens (including phenoxy) is 1. The Kier molecular flexibility index (Phi) is 7.90. The van der Waals surface area contributed by atoms with Crippen molar-refractivity contribution in [2.75, 3.05) is 25.5 Å². The van der Waals surface area contributed by atoms with Gasteiger partial charge in [0.05, 0.1) is 25.4 Å². The summed E-state index contributed by atoms with van der Waals surface area (Å²) in [6.45, 7) is 1.79. The number of nitrogens with zero attached hydrogens (tertiary/aromatic N) is 2. The third-order valence-electron chi connectivity index (χ3n) is 5.37. The van der Waals surface area contributed by atoms with Gasteiger partial charge in [-0.15, -0.1) is 0 Å². The maximum absolute atomic E-state index is 14.4. The van der Waals surface area contributed by atoms with Gasteiger partial charge in [-0.1, -0.05) is 36.4 Å². The monoisotopic (exact) mass is 485 g/mol. The van der Waals surface area contributed by atoms with Crippen LogP contribution in [-0.4, -0.2) is 39.8 Å². The molecule has 9 heteroatoms. The van der Waals surface area contributed by atoms with E-state index in [9.17, 15) is 17.6 Å². The third kappa shape index (κ3) is 5.73. The number of anilines is 1. The van der Waals surface area contributed by atoms with Crippen molar-refractivity contribution in [1.29, 1.82) is 0 Å². The molecule has 0 radical (unpaired) electrons. The molecule has 0 aliphatic heterocycles. The molecule has 0 aromatic heterocycles. The number of hydrogen-bond acceptors (Lipinski definition) is 4. The minimum Gasteiger partial charge on any atom is -0.497 e. The van der Waals surface area contributed by atoms with Crippen LogP contribution in [0.5, 0.6) is 5.75 Å². The SMILES string of the molecule is COc1ccc([C@@H](C)NC(=O)c2ccc(CN(c3ccccc3F)S(=O)(=O)N(C)C)cc2)cc1. The molecule has 180 valence electrons. The van der Waals surface area contributed by atoms with E-state index in [2.05, 4.69) is 5.32 Å². The molecule has 0 saturated carbocycles. The smallest absolute Gasteiger partial charge is 0.303 e. The molecule has 0 spiro atoms. The number of carbonyl (C=O) groups excluding carboxylic acids is 1. The number of carbonyl (C=O) groups is 1. The molecule has 3 rings (SSSR count). The Balaban J connectivity index is 1.76. The predicted octanol–water partition coefficient (Wildman–Crippen LogP) is 4.14. The van der Waals surface area contributed by atoms with Gasteiger partial charge in [0.25, 0.3) is 5.91 Å². The number of methoxy groups -OCH3 is 1. The molecule has 0 aliphatic carbocycles. The van der Waals surface area contributed by atoms with Crippen molar-refractivity contribution in [3.05, 3.63) is 95.3 Å². The lowest BCUT2D eigenvalue weighted by Crippen LogP contribution is -2.40. The van der Waals surface area contributed by atoms with E-state index in [-0.39, 0.29) is 24.2 Å². The second kappa shape index (κ2) is 10.7. The fourth-order valence-corrected chi connectivity index (χ4v) is 4.43. The van der Waals surface area contributed by atoms with Crippen molar-refractivity contribution in [1.82, 2.24) is 9.62 Å². The number of nitrogens with one attached hydrogen (secondary N) is 1. The van der Waals surface area contributed by atoms with Crippen molar-refractivity contribution in [2.24, 2.45) is 0 Å². The van der Waals surface area contributed by atoms with Crippen LogP contribution in [0.3, 0.4) is 0 Å². The molecule has 0 bridgehead atoms. The largest absolute Gasteiger partial charge is 0.497 e. The molecule has 0 unspecified atom stereocenters. The highest BCUT2D eigenvalue weighted by Gasteiger charge is 2.27. The molecule has 0 aliphatic rings. The van der Waals surface area contributed by atoms with Gasteiger partial charge in [0.1, 0.15) is 11.6 Å². The third-order valence-corrected chi connectivity index (χ3v) is 7.17. The van der Waals surface area contributed by atoms with E-state index in [0.29, 0.717) is 11.1 Å². The summed E-state index contributed by atoms with van der Waals surface area (Å²) in [5.74, 6) is -0.170. The predicted molar refractivity (Wildman–Crippen MR) is 131 cm³/mol. The van der Waals surface area contributed by atoms with E-state index < -0.39 is 16.0 Å². The number of para-hydroxylation sites is 1. The van der Waals surface area contributed by atoms with Crippen LogP contribution in [0.4, 0.5) is 10.1 Å². The summed E-state index contributed by atoms with van der Waals surface area (Å²) in [5.41, 5.74) is 1.91. The van der Waals surface area contributed by atoms with Crippen molar-refractivity contribution in [2.45, 2.75) is 19.5 Å². The average molecular weight is 486 g/mol. The Labute approximate surface area is 200 Å². The van der Waals surface area contributed by atoms with Gasteiger partial charge < -0.3 is 10.1 Å². The Bertz CT molecular complexity index is 1230. The zero-order valence-corrected chi connectivity index (χ0v) is 20.3. The van der Waals surface area contributed by atoms with Gasteiger partial charge in [0.2, 0.25) is 0 Å². The number of halogens is 1. The molecule has 1 N–H and O–H groups in total. The first-order chi connectivity index (χ1) is 16.1. The van der Waals surface area contributed by atoms with Crippen LogP contribution in [0.1, 0.15) is 34.5 Å². The first kappa shape index (κ1) is 25.2. The van der Waals surface area contributed by atoms with E-state index >= 15 is 0 Å². The van der Waals surface area contributed by atoms with Gasteiger partial charge in [-0.25, -0.2) is 4.39 Å². The molecule has 3 aromatic carbocycles. The summed E-state index contributed by atoms with van der Waals surface area (Å²) in [6.07, 6.45) is 0. The first-order valence-corrected chi connectivity index (χ1v) is 12.0. The highest BCUT2D eigenvalue weighted by atomic mass is 32.2. The zero-order valence-electron chi connectivity index (χ0n) is 19.5. The minimum atomic E-state index is -3.95. The molecule has 1 amide bonds. The molecule has 1 atom stereocenters. The molecular formula is C25H28FN3O4S. The minimum absolute atomic E-state index is 0.0497. The van der Waals surface area contributed by atoms with E-state index in [1.54, 1.807) is 37.4 Å². The van der Waals surface area contributed by atoms with Crippen LogP contribution in [-0.2, 0) is 16.8 Å². The number of amides is 1. The highest BCUT2D eigenvalue weighted by molar-refractivity contribution is 7.90. The molecule has 0 fully saturated rings. The van der Waals surface area contributed by atoms with Crippen LogP contribution < -0.4 is 14.4 Å². The zero-order chi connectivity index (χ0) is 24.9. The number of hydrogen-bond donors (Lipinski definition) is 1. The lowest BCUT2D eigenvalue weighted by molar-refractivity contribution is 0.0940. The van der Waals surface area contributed by atoms with Gasteiger partial charge in [-0.05, 0) is 54.4 Å². The number of rotatable bonds is 9. The number of benzene rings is 3. The molecule has 34 heavy (non-hydrogen) atoms. The van der Waals surface area contributed by atoms with Crippen LogP contribution in [0.15, 0.2) is 72.8 Å². The van der Waals surface area contributed by atoms with Crippen LogP contribution in [0.25, 0.3) is 0 Å². The molecular weight excluding hydrogens is 457 g/mol. The van der Waals surface area contributed by atoms with Crippen LogP contribution in [0, 0.1) is 5.82 Å². The van der Waals surface area contributed by atoms with Crippen molar-refractivity contribution < 1.29 is 22.3 Å². The Morgan fingerprint density at radius 2 is 1.62 bits per heavy atom. The van der Waals surface area contributed by atoms with E-state index in [1.165, 1.54) is 32.3 Å². The Hall–Kier alpha value is -3.43. The first-order valence-electron chi connectivity index (χ1n) is 10.6. The Morgan fingerprint density at radius 1 is 1.00 bits per heavy atom. The molecule has 0 saturated heterocycles. The summed E-state index contributed by atoms with van der Waals surface area (Å²) in [5, 5.41) is 2.94. The van der Waals surface area contributed by atoms with Crippen molar-refractivity contribution >= 4 is 21.8 Å². The molecule has 7 nitrogen and oxygen atoms in total. The van der Waals surface area contributed by atoms with E-state index in [4.69, 9.17) is 4.74 Å². The van der Waals surface area contributed by atoms with Crippen molar-refractivity contribution in [3.8, 4) is 5.75 Å². The maximum Gasteiger partial charge on any atom is 0.303 e. The molecule has 3 aromatic rings.